The minimum Gasteiger partial charge on any atom is -0.353 e. The zero-order valence-electron chi connectivity index (χ0n) is 38.9. The third kappa shape index (κ3) is 6.04. The standard InChI is InChI=1S/C56H62N6/c1-13-37-29(7)45-46-30(8)38(14-2)52(58-46)44(36-27-23-20-24-28-36)54-40(16-4)32(10)48(60-54)50-34(12)42(18-6)56(62-50)55-41(17-5)33(11)49(61-55)47-31(9)39(15-3)53(59-47)43(51(37)57-45)35-25-21-19-22-26-35/h19-28,57,60-62H,13-18H2,1-12H3. The summed E-state index contributed by atoms with van der Waals surface area (Å²) in [5, 5.41) is 0. The van der Waals surface area contributed by atoms with E-state index in [1.54, 1.807) is 0 Å². The highest BCUT2D eigenvalue weighted by molar-refractivity contribution is 6.18. The topological polar surface area (TPSA) is 87.9 Å². The van der Waals surface area contributed by atoms with E-state index in [1.807, 2.05) is 0 Å². The highest BCUT2D eigenvalue weighted by Crippen LogP contribution is 2.46. The van der Waals surface area contributed by atoms with Crippen LogP contribution in [0.3, 0.4) is 0 Å². The summed E-state index contributed by atoms with van der Waals surface area (Å²) in [5.74, 6) is 0. The Kier molecular flexibility index (Phi) is 10.6. The summed E-state index contributed by atoms with van der Waals surface area (Å²) < 4.78 is 0. The number of fused-ring (bicyclic) bond motifs is 14. The highest BCUT2D eigenvalue weighted by Gasteiger charge is 2.34. The van der Waals surface area contributed by atoms with Crippen molar-refractivity contribution in [2.75, 3.05) is 0 Å². The number of benzene rings is 2. The van der Waals surface area contributed by atoms with Crippen LogP contribution < -0.4 is 0 Å². The Hall–Kier alpha value is -6.14. The molecule has 12 bridgehead atoms. The van der Waals surface area contributed by atoms with Crippen LogP contribution in [-0.4, -0.2) is 31.4 Å². The lowest BCUT2D eigenvalue weighted by Crippen LogP contribution is -2.03. The van der Waals surface area contributed by atoms with Crippen LogP contribution in [-0.2, 0) is 25.7 Å². The Bertz CT molecular complexity index is 2990. The van der Waals surface area contributed by atoms with Crippen molar-refractivity contribution in [2.45, 2.75) is 122 Å². The van der Waals surface area contributed by atoms with E-state index in [-0.39, 0.29) is 0 Å². The van der Waals surface area contributed by atoms with Crippen LogP contribution in [0.15, 0.2) is 104 Å². The van der Waals surface area contributed by atoms with Crippen molar-refractivity contribution in [3.8, 4) is 22.8 Å². The molecule has 6 aromatic rings. The molecule has 0 unspecified atom stereocenters. The third-order valence-corrected chi connectivity index (χ3v) is 14.3. The molecule has 0 atom stereocenters. The van der Waals surface area contributed by atoms with Crippen molar-refractivity contribution >= 4 is 22.6 Å². The maximum absolute atomic E-state index is 5.78. The van der Waals surface area contributed by atoms with Crippen molar-refractivity contribution in [1.29, 1.82) is 0 Å². The maximum atomic E-state index is 5.78. The number of nitrogens with one attached hydrogen (secondary N) is 4. The number of aliphatic imine (C=N–C) groups is 2. The number of rotatable bonds is 8. The van der Waals surface area contributed by atoms with Crippen molar-refractivity contribution in [3.63, 3.8) is 0 Å². The summed E-state index contributed by atoms with van der Waals surface area (Å²) in [4.78, 5) is 27.8. The van der Waals surface area contributed by atoms with Gasteiger partial charge in [0.15, 0.2) is 0 Å². The first kappa shape index (κ1) is 41.2. The van der Waals surface area contributed by atoms with Gasteiger partial charge < -0.3 is 19.9 Å². The Labute approximate surface area is 368 Å². The second kappa shape index (κ2) is 16.0. The fourth-order valence-corrected chi connectivity index (χ4v) is 11.1. The average molecular weight is 819 g/mol. The zero-order valence-corrected chi connectivity index (χ0v) is 38.9. The van der Waals surface area contributed by atoms with E-state index in [2.05, 4.69) is 164 Å². The molecule has 0 amide bonds. The molecule has 0 fully saturated rings. The monoisotopic (exact) mass is 819 g/mol. The summed E-state index contributed by atoms with van der Waals surface area (Å²) >= 11 is 0. The molecule has 0 spiro atoms. The molecule has 4 N–H and O–H groups in total. The van der Waals surface area contributed by atoms with Crippen LogP contribution in [0.2, 0.25) is 0 Å². The Morgan fingerprint density at radius 1 is 0.355 bits per heavy atom. The molecule has 3 aliphatic heterocycles. The molecular formula is C56H62N6. The number of hydrogen-bond donors (Lipinski definition) is 4. The van der Waals surface area contributed by atoms with Crippen LogP contribution in [0, 0.1) is 27.7 Å². The molecule has 62 heavy (non-hydrogen) atoms. The van der Waals surface area contributed by atoms with Gasteiger partial charge in [-0.05, 0) is 158 Å². The van der Waals surface area contributed by atoms with Gasteiger partial charge in [-0.3, -0.25) is 0 Å². The normalized spacial score (nSPS) is 15.1. The molecule has 6 nitrogen and oxygen atoms in total. The first-order chi connectivity index (χ1) is 30.0. The fourth-order valence-electron chi connectivity index (χ4n) is 11.1. The van der Waals surface area contributed by atoms with Gasteiger partial charge in [0, 0.05) is 11.1 Å². The summed E-state index contributed by atoms with van der Waals surface area (Å²) in [6.07, 6.45) is 5.31. The van der Waals surface area contributed by atoms with Gasteiger partial charge >= 0.3 is 0 Å². The predicted octanol–water partition coefficient (Wildman–Crippen LogP) is 14.1. The van der Waals surface area contributed by atoms with E-state index >= 15 is 0 Å². The lowest BCUT2D eigenvalue weighted by Gasteiger charge is -2.14. The number of allylic oxidation sites excluding steroid dienone is 4. The van der Waals surface area contributed by atoms with Gasteiger partial charge in [-0.25, -0.2) is 9.98 Å². The number of hydrogen-bond acceptors (Lipinski definition) is 2. The van der Waals surface area contributed by atoms with Gasteiger partial charge in [0.2, 0.25) is 0 Å². The van der Waals surface area contributed by atoms with Crippen LogP contribution >= 0.6 is 0 Å². The van der Waals surface area contributed by atoms with Gasteiger partial charge in [-0.15, -0.1) is 0 Å². The summed E-state index contributed by atoms with van der Waals surface area (Å²) in [7, 11) is 0. The second-order valence-corrected chi connectivity index (χ2v) is 17.3. The molecule has 4 aromatic heterocycles. The molecule has 2 aromatic carbocycles. The molecular weight excluding hydrogens is 757 g/mol. The number of aromatic amines is 4. The van der Waals surface area contributed by atoms with Crippen LogP contribution in [0.1, 0.15) is 147 Å². The van der Waals surface area contributed by atoms with Crippen molar-refractivity contribution < 1.29 is 0 Å². The van der Waals surface area contributed by atoms with E-state index < -0.39 is 0 Å². The average Bonchev–Trinajstić information content (AvgIpc) is 4.11. The summed E-state index contributed by atoms with van der Waals surface area (Å²) in [5.41, 5.74) is 33.3. The van der Waals surface area contributed by atoms with Gasteiger partial charge in [-0.2, -0.15) is 0 Å². The summed E-state index contributed by atoms with van der Waals surface area (Å²) in [6.45, 7) is 27.4. The molecule has 0 radical (unpaired) electrons. The number of aromatic nitrogens is 4. The van der Waals surface area contributed by atoms with Gasteiger partial charge in [0.25, 0.3) is 0 Å². The number of H-pyrrole nitrogens is 4. The predicted molar refractivity (Wildman–Crippen MR) is 262 cm³/mol. The molecule has 0 aliphatic carbocycles. The van der Waals surface area contributed by atoms with Crippen LogP contribution in [0.25, 0.3) is 33.9 Å². The molecule has 0 saturated carbocycles. The molecule has 3 aliphatic rings. The van der Waals surface area contributed by atoms with Gasteiger partial charge in [0.1, 0.15) is 0 Å². The largest absolute Gasteiger partial charge is 0.353 e. The van der Waals surface area contributed by atoms with Crippen LogP contribution in [0.4, 0.5) is 0 Å². The van der Waals surface area contributed by atoms with Gasteiger partial charge in [0.05, 0.1) is 68.4 Å². The van der Waals surface area contributed by atoms with Crippen molar-refractivity contribution in [1.82, 2.24) is 19.9 Å². The van der Waals surface area contributed by atoms with Crippen LogP contribution in [0.5, 0.6) is 0 Å². The Morgan fingerprint density at radius 2 is 0.661 bits per heavy atom. The third-order valence-electron chi connectivity index (χ3n) is 14.3. The quantitative estimate of drug-likeness (QED) is 0.118. The number of nitrogens with zero attached hydrogens (tertiary/aromatic N) is 2. The first-order valence-electron chi connectivity index (χ1n) is 23.1. The molecule has 9 rings (SSSR count). The highest BCUT2D eigenvalue weighted by atomic mass is 14.9. The molecule has 7 heterocycles. The van der Waals surface area contributed by atoms with Crippen molar-refractivity contribution in [2.24, 2.45) is 9.98 Å². The molecule has 0 saturated heterocycles. The molecule has 316 valence electrons. The second-order valence-electron chi connectivity index (χ2n) is 17.3. The smallest absolute Gasteiger partial charge is 0.0907 e. The lowest BCUT2D eigenvalue weighted by atomic mass is 9.91. The van der Waals surface area contributed by atoms with E-state index in [0.29, 0.717) is 0 Å². The van der Waals surface area contributed by atoms with Crippen molar-refractivity contribution in [3.05, 3.63) is 173 Å². The van der Waals surface area contributed by atoms with E-state index in [4.69, 9.17) is 9.98 Å². The van der Waals surface area contributed by atoms with Gasteiger partial charge in [-0.1, -0.05) is 102 Å². The van der Waals surface area contributed by atoms with E-state index in [9.17, 15) is 0 Å². The minimum absolute atomic E-state index is 0.864. The summed E-state index contributed by atoms with van der Waals surface area (Å²) in [6, 6.07) is 21.8. The van der Waals surface area contributed by atoms with E-state index in [1.165, 1.54) is 78.2 Å². The Balaban J connectivity index is 1.48. The first-order valence-corrected chi connectivity index (χ1v) is 23.1. The fraction of sp³-hybridized carbons (Fsp3) is 0.321. The SMILES string of the molecule is CCC1=C(C)C2=NC1=C(c1ccccc1)c1[nH]c(c(C)c1CC)C1=NC(=C(c3ccccc3)c3[nH]c(c(C)c3CC)-c3[nH]c(c(CC)c3C)-c3[nH]c2c(C)c3CC)C(CC)=C1C. The Morgan fingerprint density at radius 3 is 1.02 bits per heavy atom. The lowest BCUT2D eigenvalue weighted by molar-refractivity contribution is 1.08. The zero-order chi connectivity index (χ0) is 43.7. The van der Waals surface area contributed by atoms with E-state index in [0.717, 1.165) is 118 Å². The molecule has 6 heteroatoms. The maximum Gasteiger partial charge on any atom is 0.0907 e. The minimum atomic E-state index is 0.864.